The average Bonchev–Trinajstić information content (AvgIpc) is 2.28. The van der Waals surface area contributed by atoms with Crippen LogP contribution in [0.4, 0.5) is 10.1 Å². The molecule has 0 aliphatic rings. The molecule has 0 unspecified atom stereocenters. The third-order valence-electron chi connectivity index (χ3n) is 2.33. The van der Waals surface area contributed by atoms with Crippen LogP contribution >= 0.6 is 0 Å². The number of aliphatic hydroxyl groups is 1. The topological polar surface area (TPSA) is 23.5 Å². The number of halogens is 1. The maximum atomic E-state index is 13.3. The Morgan fingerprint density at radius 1 is 1.44 bits per heavy atom. The second kappa shape index (κ2) is 6.28. The largest absolute Gasteiger partial charge is 0.392 e. The summed E-state index contributed by atoms with van der Waals surface area (Å²) in [6.45, 7) is 7.15. The molecule has 0 spiro atoms. The van der Waals surface area contributed by atoms with Crippen LogP contribution in [0.25, 0.3) is 0 Å². The Morgan fingerprint density at radius 2 is 2.19 bits per heavy atom. The summed E-state index contributed by atoms with van der Waals surface area (Å²) in [5.41, 5.74) is 1.39. The van der Waals surface area contributed by atoms with Crippen molar-refractivity contribution < 1.29 is 9.50 Å². The Bertz CT molecular complexity index is 352. The lowest BCUT2D eigenvalue weighted by Crippen LogP contribution is -2.24. The first-order valence-electron chi connectivity index (χ1n) is 5.47. The predicted octanol–water partition coefficient (Wildman–Crippen LogP) is 2.72. The smallest absolute Gasteiger partial charge is 0.125 e. The van der Waals surface area contributed by atoms with Crippen LogP contribution in [0.1, 0.15) is 18.9 Å². The number of hydrogen-bond donors (Lipinski definition) is 1. The van der Waals surface area contributed by atoms with E-state index in [2.05, 4.69) is 13.5 Å². The van der Waals surface area contributed by atoms with E-state index in [4.69, 9.17) is 5.11 Å². The number of hydrogen-bond acceptors (Lipinski definition) is 2. The molecule has 0 aliphatic heterocycles. The number of benzene rings is 1. The lowest BCUT2D eigenvalue weighted by atomic mass is 10.2. The first-order valence-corrected chi connectivity index (χ1v) is 5.47. The molecule has 1 aromatic rings. The zero-order chi connectivity index (χ0) is 12.0. The van der Waals surface area contributed by atoms with Crippen molar-refractivity contribution in [2.75, 3.05) is 18.0 Å². The minimum Gasteiger partial charge on any atom is -0.392 e. The van der Waals surface area contributed by atoms with Gasteiger partial charge in [0.15, 0.2) is 0 Å². The van der Waals surface area contributed by atoms with Gasteiger partial charge in [-0.05, 0) is 30.2 Å². The molecule has 3 heteroatoms. The van der Waals surface area contributed by atoms with E-state index in [0.717, 1.165) is 18.7 Å². The molecule has 0 saturated carbocycles. The van der Waals surface area contributed by atoms with Crippen molar-refractivity contribution in [3.63, 3.8) is 0 Å². The van der Waals surface area contributed by atoms with Crippen LogP contribution in [0, 0.1) is 5.82 Å². The van der Waals surface area contributed by atoms with Crippen LogP contribution in [-0.2, 0) is 6.61 Å². The van der Waals surface area contributed by atoms with E-state index in [1.165, 1.54) is 12.1 Å². The summed E-state index contributed by atoms with van der Waals surface area (Å²) in [5, 5.41) is 9.02. The van der Waals surface area contributed by atoms with Crippen molar-refractivity contribution in [2.45, 2.75) is 20.0 Å². The second-order valence-electron chi connectivity index (χ2n) is 3.71. The summed E-state index contributed by atoms with van der Waals surface area (Å²) in [4.78, 5) is 2.04. The van der Waals surface area contributed by atoms with Gasteiger partial charge in [-0.15, -0.1) is 6.58 Å². The number of aliphatic hydroxyl groups excluding tert-OH is 1. The Hall–Kier alpha value is -1.35. The monoisotopic (exact) mass is 223 g/mol. The molecule has 88 valence electrons. The van der Waals surface area contributed by atoms with Crippen molar-refractivity contribution in [1.29, 1.82) is 0 Å². The summed E-state index contributed by atoms with van der Waals surface area (Å²) in [6, 6.07) is 4.64. The normalized spacial score (nSPS) is 10.2. The van der Waals surface area contributed by atoms with Crippen molar-refractivity contribution in [1.82, 2.24) is 0 Å². The molecule has 0 fully saturated rings. The quantitative estimate of drug-likeness (QED) is 0.749. The third-order valence-corrected chi connectivity index (χ3v) is 2.33. The Kier molecular flexibility index (Phi) is 4.99. The lowest BCUT2D eigenvalue weighted by Gasteiger charge is -2.23. The molecule has 0 heterocycles. The maximum absolute atomic E-state index is 13.3. The van der Waals surface area contributed by atoms with Gasteiger partial charge in [0.1, 0.15) is 5.82 Å². The predicted molar refractivity (Wildman–Crippen MR) is 65.0 cm³/mol. The minimum absolute atomic E-state index is 0.140. The number of nitrogens with zero attached hydrogens (tertiary/aromatic N) is 1. The molecule has 1 N–H and O–H groups in total. The average molecular weight is 223 g/mol. The maximum Gasteiger partial charge on any atom is 0.125 e. The van der Waals surface area contributed by atoms with E-state index in [0.29, 0.717) is 12.1 Å². The van der Waals surface area contributed by atoms with Gasteiger partial charge in [0.2, 0.25) is 0 Å². The van der Waals surface area contributed by atoms with Crippen LogP contribution in [0.5, 0.6) is 0 Å². The van der Waals surface area contributed by atoms with Crippen LogP contribution in [-0.4, -0.2) is 18.2 Å². The molecule has 0 radical (unpaired) electrons. The molecule has 0 saturated heterocycles. The second-order valence-corrected chi connectivity index (χ2v) is 3.71. The Labute approximate surface area is 96.0 Å². The van der Waals surface area contributed by atoms with E-state index in [1.54, 1.807) is 6.08 Å². The highest BCUT2D eigenvalue weighted by molar-refractivity contribution is 5.49. The van der Waals surface area contributed by atoms with Crippen molar-refractivity contribution >= 4 is 5.69 Å². The van der Waals surface area contributed by atoms with Gasteiger partial charge < -0.3 is 10.0 Å². The fourth-order valence-corrected chi connectivity index (χ4v) is 1.66. The van der Waals surface area contributed by atoms with Gasteiger partial charge in [0.05, 0.1) is 6.61 Å². The lowest BCUT2D eigenvalue weighted by molar-refractivity contribution is 0.281. The number of anilines is 1. The van der Waals surface area contributed by atoms with Gasteiger partial charge in [0.25, 0.3) is 0 Å². The summed E-state index contributed by atoms with van der Waals surface area (Å²) in [5.74, 6) is -0.313. The third kappa shape index (κ3) is 3.35. The first kappa shape index (κ1) is 12.7. The Morgan fingerprint density at radius 3 is 2.75 bits per heavy atom. The van der Waals surface area contributed by atoms with Crippen LogP contribution in [0.3, 0.4) is 0 Å². The van der Waals surface area contributed by atoms with E-state index in [9.17, 15) is 4.39 Å². The van der Waals surface area contributed by atoms with Gasteiger partial charge in [-0.2, -0.15) is 0 Å². The van der Waals surface area contributed by atoms with Crippen molar-refractivity contribution in [2.24, 2.45) is 0 Å². The Balaban J connectivity index is 2.97. The molecular weight excluding hydrogens is 205 g/mol. The molecule has 0 bridgehead atoms. The molecule has 0 amide bonds. The van der Waals surface area contributed by atoms with Crippen molar-refractivity contribution in [3.05, 3.63) is 42.2 Å². The van der Waals surface area contributed by atoms with Crippen molar-refractivity contribution in [3.8, 4) is 0 Å². The number of rotatable bonds is 6. The van der Waals surface area contributed by atoms with Gasteiger partial charge >= 0.3 is 0 Å². The molecule has 1 rings (SSSR count). The van der Waals surface area contributed by atoms with Crippen LogP contribution < -0.4 is 4.90 Å². The molecule has 1 aromatic carbocycles. The molecule has 0 aromatic heterocycles. The first-order chi connectivity index (χ1) is 7.71. The molecule has 2 nitrogen and oxygen atoms in total. The summed E-state index contributed by atoms with van der Waals surface area (Å²) >= 11 is 0. The van der Waals surface area contributed by atoms with E-state index in [1.807, 2.05) is 11.0 Å². The van der Waals surface area contributed by atoms with E-state index >= 15 is 0 Å². The highest BCUT2D eigenvalue weighted by Gasteiger charge is 2.06. The fraction of sp³-hybridized carbons (Fsp3) is 0.385. The van der Waals surface area contributed by atoms with E-state index in [-0.39, 0.29) is 12.4 Å². The molecule has 0 aliphatic carbocycles. The zero-order valence-corrected chi connectivity index (χ0v) is 9.62. The van der Waals surface area contributed by atoms with Crippen LogP contribution in [0.15, 0.2) is 30.9 Å². The molecular formula is C13H18FNO. The SMILES string of the molecule is C=CCN(CCC)c1cc(F)cc(CO)c1. The molecule has 0 atom stereocenters. The summed E-state index contributed by atoms with van der Waals surface area (Å²) in [7, 11) is 0. The van der Waals surface area contributed by atoms with Crippen LogP contribution in [0.2, 0.25) is 0 Å². The fourth-order valence-electron chi connectivity index (χ4n) is 1.66. The minimum atomic E-state index is -0.313. The van der Waals surface area contributed by atoms with Gasteiger partial charge in [-0.3, -0.25) is 0 Å². The molecule has 16 heavy (non-hydrogen) atoms. The zero-order valence-electron chi connectivity index (χ0n) is 9.62. The summed E-state index contributed by atoms with van der Waals surface area (Å²) in [6.07, 6.45) is 2.78. The highest BCUT2D eigenvalue weighted by atomic mass is 19.1. The van der Waals surface area contributed by atoms with E-state index < -0.39 is 0 Å². The summed E-state index contributed by atoms with van der Waals surface area (Å²) < 4.78 is 13.3. The van der Waals surface area contributed by atoms with Gasteiger partial charge in [-0.1, -0.05) is 13.0 Å². The highest BCUT2D eigenvalue weighted by Crippen LogP contribution is 2.19. The van der Waals surface area contributed by atoms with Gasteiger partial charge in [0, 0.05) is 18.8 Å². The standard InChI is InChI=1S/C13H18FNO/c1-3-5-15(6-4-2)13-8-11(10-16)7-12(14)9-13/h3,7-9,16H,1,4-6,10H2,2H3. The van der Waals surface area contributed by atoms with Gasteiger partial charge in [-0.25, -0.2) is 4.39 Å².